The fourth-order valence-electron chi connectivity index (χ4n) is 2.35. The Bertz CT molecular complexity index is 358. The molecule has 1 aliphatic carbocycles. The van der Waals surface area contributed by atoms with Gasteiger partial charge < -0.3 is 5.11 Å². The van der Waals surface area contributed by atoms with Gasteiger partial charge in [-0.25, -0.2) is 0 Å². The molecule has 1 N–H and O–H groups in total. The maximum Gasteiger partial charge on any atom is 0.0900 e. The van der Waals surface area contributed by atoms with E-state index in [9.17, 15) is 5.11 Å². The van der Waals surface area contributed by atoms with E-state index in [4.69, 9.17) is 0 Å². The lowest BCUT2D eigenvalue weighted by atomic mass is 9.91. The van der Waals surface area contributed by atoms with Crippen LogP contribution in [0.15, 0.2) is 27.1 Å². The van der Waals surface area contributed by atoms with Gasteiger partial charge in [0, 0.05) is 8.95 Å². The number of benzene rings is 1. The lowest BCUT2D eigenvalue weighted by Gasteiger charge is -2.23. The first-order valence-electron chi connectivity index (χ1n) is 5.18. The van der Waals surface area contributed by atoms with Gasteiger partial charge in [0.15, 0.2) is 0 Å². The van der Waals surface area contributed by atoms with Gasteiger partial charge in [-0.2, -0.15) is 0 Å². The summed E-state index contributed by atoms with van der Waals surface area (Å²) in [5.74, 6) is 0.618. The Balaban J connectivity index is 2.36. The van der Waals surface area contributed by atoms with Crippen molar-refractivity contribution in [2.24, 2.45) is 5.92 Å². The Hall–Kier alpha value is 0.140. The van der Waals surface area contributed by atoms with Crippen LogP contribution in [0.2, 0.25) is 0 Å². The highest BCUT2D eigenvalue weighted by Gasteiger charge is 2.37. The third-order valence-corrected chi connectivity index (χ3v) is 4.05. The van der Waals surface area contributed by atoms with Gasteiger partial charge in [0.2, 0.25) is 0 Å². The summed E-state index contributed by atoms with van der Waals surface area (Å²) in [4.78, 5) is 0. The van der Waals surface area contributed by atoms with E-state index < -0.39 is 5.60 Å². The zero-order valence-corrected chi connectivity index (χ0v) is 11.8. The smallest absolute Gasteiger partial charge is 0.0900 e. The molecule has 1 aromatic carbocycles. The highest BCUT2D eigenvalue weighted by atomic mass is 79.9. The third kappa shape index (κ3) is 2.45. The summed E-state index contributed by atoms with van der Waals surface area (Å²) in [5, 5.41) is 10.5. The minimum absolute atomic E-state index is 0.618. The Labute approximate surface area is 107 Å². The van der Waals surface area contributed by atoms with Crippen molar-refractivity contribution in [3.8, 4) is 0 Å². The maximum atomic E-state index is 10.5. The predicted molar refractivity (Wildman–Crippen MR) is 68.8 cm³/mol. The van der Waals surface area contributed by atoms with E-state index in [0.29, 0.717) is 5.92 Å². The summed E-state index contributed by atoms with van der Waals surface area (Å²) < 4.78 is 2.03. The number of halogens is 2. The molecule has 1 aliphatic rings. The predicted octanol–water partition coefficient (Wildman–Crippen LogP) is 4.22. The van der Waals surface area contributed by atoms with Crippen LogP contribution in [0.4, 0.5) is 0 Å². The fraction of sp³-hybridized carbons (Fsp3) is 0.500. The molecule has 1 aromatic rings. The SMILES string of the molecule is C[C@@H]1CC[C@](O)(c2cc(Br)cc(Br)c2)C1. The average molecular weight is 334 g/mol. The molecule has 1 nitrogen and oxygen atoms in total. The topological polar surface area (TPSA) is 20.2 Å². The van der Waals surface area contributed by atoms with E-state index >= 15 is 0 Å². The molecule has 3 heteroatoms. The molecule has 2 atom stereocenters. The van der Waals surface area contributed by atoms with Crippen molar-refractivity contribution in [1.29, 1.82) is 0 Å². The molecule has 0 amide bonds. The van der Waals surface area contributed by atoms with Crippen LogP contribution in [0.5, 0.6) is 0 Å². The molecule has 2 rings (SSSR count). The molecule has 0 unspecified atom stereocenters. The van der Waals surface area contributed by atoms with Crippen molar-refractivity contribution in [2.45, 2.75) is 31.8 Å². The molecular weight excluding hydrogens is 320 g/mol. The second-order valence-electron chi connectivity index (χ2n) is 4.54. The quantitative estimate of drug-likeness (QED) is 0.815. The maximum absolute atomic E-state index is 10.5. The molecule has 0 aromatic heterocycles. The highest BCUT2D eigenvalue weighted by Crippen LogP contribution is 2.43. The van der Waals surface area contributed by atoms with E-state index in [1.165, 1.54) is 0 Å². The first kappa shape index (κ1) is 11.6. The minimum atomic E-state index is -0.619. The second kappa shape index (κ2) is 4.19. The Morgan fingerprint density at radius 1 is 1.27 bits per heavy atom. The van der Waals surface area contributed by atoms with Gasteiger partial charge in [0.1, 0.15) is 0 Å². The number of aliphatic hydroxyl groups is 1. The second-order valence-corrected chi connectivity index (χ2v) is 6.37. The van der Waals surface area contributed by atoms with Crippen molar-refractivity contribution in [3.63, 3.8) is 0 Å². The molecular formula is C12H14Br2O. The Morgan fingerprint density at radius 2 is 1.87 bits per heavy atom. The zero-order valence-electron chi connectivity index (χ0n) is 8.63. The molecule has 0 saturated heterocycles. The molecule has 0 radical (unpaired) electrons. The number of hydrogen-bond acceptors (Lipinski definition) is 1. The van der Waals surface area contributed by atoms with Gasteiger partial charge in [-0.3, -0.25) is 0 Å². The summed E-state index contributed by atoms with van der Waals surface area (Å²) in [6.45, 7) is 2.20. The Kier molecular flexibility index (Phi) is 3.25. The van der Waals surface area contributed by atoms with Crippen LogP contribution in [0.25, 0.3) is 0 Å². The van der Waals surface area contributed by atoms with E-state index in [1.807, 2.05) is 18.2 Å². The van der Waals surface area contributed by atoms with Crippen molar-refractivity contribution in [3.05, 3.63) is 32.7 Å². The van der Waals surface area contributed by atoms with E-state index in [1.54, 1.807) is 0 Å². The first-order chi connectivity index (χ1) is 6.99. The molecule has 82 valence electrons. The van der Waals surface area contributed by atoms with Crippen LogP contribution < -0.4 is 0 Å². The third-order valence-electron chi connectivity index (χ3n) is 3.14. The normalized spacial score (nSPS) is 30.8. The first-order valence-corrected chi connectivity index (χ1v) is 6.77. The largest absolute Gasteiger partial charge is 0.385 e. The van der Waals surface area contributed by atoms with Crippen molar-refractivity contribution >= 4 is 31.9 Å². The van der Waals surface area contributed by atoms with E-state index in [2.05, 4.69) is 38.8 Å². The molecule has 1 saturated carbocycles. The standard InChI is InChI=1S/C12H14Br2O/c1-8-2-3-12(15,7-8)9-4-10(13)6-11(14)5-9/h4-6,8,15H,2-3,7H2,1H3/t8-,12-/m1/s1. The summed E-state index contributed by atoms with van der Waals surface area (Å²) in [6, 6.07) is 6.02. The summed E-state index contributed by atoms with van der Waals surface area (Å²) in [5.41, 5.74) is 0.402. The van der Waals surface area contributed by atoms with Crippen LogP contribution in [0.3, 0.4) is 0 Å². The average Bonchev–Trinajstić information content (AvgIpc) is 2.46. The van der Waals surface area contributed by atoms with E-state index in [-0.39, 0.29) is 0 Å². The molecule has 0 heterocycles. The van der Waals surface area contributed by atoms with Gasteiger partial charge in [-0.15, -0.1) is 0 Å². The fourth-order valence-corrected chi connectivity index (χ4v) is 3.64. The lowest BCUT2D eigenvalue weighted by molar-refractivity contribution is 0.0407. The summed E-state index contributed by atoms with van der Waals surface area (Å²) >= 11 is 6.92. The molecule has 1 fully saturated rings. The van der Waals surface area contributed by atoms with Gasteiger partial charge in [0.05, 0.1) is 5.60 Å². The highest BCUT2D eigenvalue weighted by molar-refractivity contribution is 9.11. The molecule has 0 bridgehead atoms. The molecule has 0 aliphatic heterocycles. The van der Waals surface area contributed by atoms with Gasteiger partial charge in [0.25, 0.3) is 0 Å². The van der Waals surface area contributed by atoms with Gasteiger partial charge in [-0.1, -0.05) is 38.8 Å². The lowest BCUT2D eigenvalue weighted by Crippen LogP contribution is -2.21. The Morgan fingerprint density at radius 3 is 2.33 bits per heavy atom. The van der Waals surface area contributed by atoms with Crippen LogP contribution >= 0.6 is 31.9 Å². The van der Waals surface area contributed by atoms with Crippen molar-refractivity contribution in [2.75, 3.05) is 0 Å². The zero-order chi connectivity index (χ0) is 11.1. The van der Waals surface area contributed by atoms with Crippen LogP contribution in [0, 0.1) is 5.92 Å². The van der Waals surface area contributed by atoms with Crippen molar-refractivity contribution in [1.82, 2.24) is 0 Å². The van der Waals surface area contributed by atoms with Crippen LogP contribution in [-0.2, 0) is 5.60 Å². The van der Waals surface area contributed by atoms with E-state index in [0.717, 1.165) is 33.8 Å². The minimum Gasteiger partial charge on any atom is -0.385 e. The number of rotatable bonds is 1. The van der Waals surface area contributed by atoms with Crippen LogP contribution in [-0.4, -0.2) is 5.11 Å². The monoisotopic (exact) mass is 332 g/mol. The summed E-state index contributed by atoms with van der Waals surface area (Å²) in [6.07, 6.45) is 2.85. The van der Waals surface area contributed by atoms with Gasteiger partial charge >= 0.3 is 0 Å². The molecule has 0 spiro atoms. The summed E-state index contributed by atoms with van der Waals surface area (Å²) in [7, 11) is 0. The van der Waals surface area contributed by atoms with Crippen molar-refractivity contribution < 1.29 is 5.11 Å². The van der Waals surface area contributed by atoms with Crippen LogP contribution in [0.1, 0.15) is 31.7 Å². The van der Waals surface area contributed by atoms with Gasteiger partial charge in [-0.05, 0) is 48.9 Å². The number of hydrogen-bond donors (Lipinski definition) is 1. The molecule has 15 heavy (non-hydrogen) atoms.